The molecule has 4 heteroatoms. The van der Waals surface area contributed by atoms with E-state index in [0.717, 1.165) is 32.1 Å². The molecule has 4 nitrogen and oxygen atoms in total. The molecule has 0 saturated carbocycles. The summed E-state index contributed by atoms with van der Waals surface area (Å²) in [6.07, 6.45) is 4.92. The second kappa shape index (κ2) is 14.4. The number of carbonyl (C=O) groups is 1. The first-order valence-electron chi connectivity index (χ1n) is 5.98. The molecule has 0 aliphatic heterocycles. The van der Waals surface area contributed by atoms with Gasteiger partial charge in [0.25, 0.3) is 0 Å². The zero-order chi connectivity index (χ0) is 12.8. The molecule has 0 radical (unpaired) electrons. The van der Waals surface area contributed by atoms with Gasteiger partial charge >= 0.3 is 5.97 Å². The minimum Gasteiger partial charge on any atom is -0.481 e. The Labute approximate surface area is 98.3 Å². The fourth-order valence-electron chi connectivity index (χ4n) is 0.989. The molecule has 0 amide bonds. The van der Waals surface area contributed by atoms with Crippen LogP contribution in [0.2, 0.25) is 0 Å². The Balaban J connectivity index is 0. The van der Waals surface area contributed by atoms with Crippen molar-refractivity contribution >= 4 is 5.97 Å². The number of unbranched alkanes of at least 4 members (excludes halogenated alkanes) is 3. The summed E-state index contributed by atoms with van der Waals surface area (Å²) in [6.45, 7) is 4.60. The van der Waals surface area contributed by atoms with Crippen LogP contribution >= 0.6 is 0 Å². The van der Waals surface area contributed by atoms with Crippen LogP contribution in [0.4, 0.5) is 0 Å². The quantitative estimate of drug-likeness (QED) is 0.562. The number of aliphatic hydroxyl groups is 2. The van der Waals surface area contributed by atoms with E-state index in [4.69, 9.17) is 15.3 Å². The van der Waals surface area contributed by atoms with Crippen molar-refractivity contribution in [3.63, 3.8) is 0 Å². The molecule has 0 spiro atoms. The van der Waals surface area contributed by atoms with Crippen LogP contribution in [-0.2, 0) is 4.79 Å². The maximum absolute atomic E-state index is 9.90. The standard InChI is InChI=1S/C6H12O2.C6H14O2/c1-5(2)3-4-6(7)8;7-5-3-1-2-4-6-8/h5H,3-4H2,1-2H3,(H,7,8);7-8H,1-6H2. The Morgan fingerprint density at radius 3 is 1.62 bits per heavy atom. The summed E-state index contributed by atoms with van der Waals surface area (Å²) in [5.41, 5.74) is 0. The van der Waals surface area contributed by atoms with Crippen LogP contribution in [-0.4, -0.2) is 34.5 Å². The third-order valence-corrected chi connectivity index (χ3v) is 2.00. The second-order valence-electron chi connectivity index (χ2n) is 4.19. The molecule has 0 aromatic carbocycles. The molecule has 0 heterocycles. The van der Waals surface area contributed by atoms with Gasteiger partial charge in [-0.2, -0.15) is 0 Å². The Kier molecular flexibility index (Phi) is 16.0. The smallest absolute Gasteiger partial charge is 0.303 e. The summed E-state index contributed by atoms with van der Waals surface area (Å²) < 4.78 is 0. The van der Waals surface area contributed by atoms with Crippen LogP contribution in [0.5, 0.6) is 0 Å². The van der Waals surface area contributed by atoms with Crippen molar-refractivity contribution in [2.24, 2.45) is 5.92 Å². The van der Waals surface area contributed by atoms with Crippen molar-refractivity contribution in [1.29, 1.82) is 0 Å². The van der Waals surface area contributed by atoms with Crippen LogP contribution in [0.3, 0.4) is 0 Å². The summed E-state index contributed by atoms with van der Waals surface area (Å²) in [6, 6.07) is 0. The topological polar surface area (TPSA) is 77.8 Å². The summed E-state index contributed by atoms with van der Waals surface area (Å²) in [4.78, 5) is 9.90. The van der Waals surface area contributed by atoms with Gasteiger partial charge in [0, 0.05) is 19.6 Å². The van der Waals surface area contributed by atoms with Gasteiger partial charge in [0.1, 0.15) is 0 Å². The lowest BCUT2D eigenvalue weighted by Crippen LogP contribution is -1.97. The fraction of sp³-hybridized carbons (Fsp3) is 0.917. The van der Waals surface area contributed by atoms with Crippen LogP contribution < -0.4 is 0 Å². The SMILES string of the molecule is CC(C)CCC(=O)O.OCCCCCCO. The highest BCUT2D eigenvalue weighted by molar-refractivity contribution is 5.66. The first-order valence-corrected chi connectivity index (χ1v) is 5.98. The fourth-order valence-corrected chi connectivity index (χ4v) is 0.989. The van der Waals surface area contributed by atoms with Crippen LogP contribution in [0, 0.1) is 5.92 Å². The first kappa shape index (κ1) is 17.8. The summed E-state index contributed by atoms with van der Waals surface area (Å²) >= 11 is 0. The summed E-state index contributed by atoms with van der Waals surface area (Å²) in [7, 11) is 0. The highest BCUT2D eigenvalue weighted by atomic mass is 16.4. The van der Waals surface area contributed by atoms with Crippen molar-refractivity contribution < 1.29 is 20.1 Å². The van der Waals surface area contributed by atoms with Gasteiger partial charge in [-0.25, -0.2) is 0 Å². The predicted molar refractivity (Wildman–Crippen MR) is 64.3 cm³/mol. The number of carboxylic acids is 1. The van der Waals surface area contributed by atoms with Crippen LogP contribution in [0.15, 0.2) is 0 Å². The van der Waals surface area contributed by atoms with E-state index >= 15 is 0 Å². The van der Waals surface area contributed by atoms with Gasteiger partial charge in [0.15, 0.2) is 0 Å². The van der Waals surface area contributed by atoms with Gasteiger partial charge in [-0.15, -0.1) is 0 Å². The number of aliphatic hydroxyl groups excluding tert-OH is 2. The van der Waals surface area contributed by atoms with Gasteiger partial charge in [-0.1, -0.05) is 26.7 Å². The molecule has 98 valence electrons. The molecule has 0 bridgehead atoms. The molecule has 0 aromatic heterocycles. The molecule has 0 aliphatic rings. The third-order valence-electron chi connectivity index (χ3n) is 2.00. The zero-order valence-electron chi connectivity index (χ0n) is 10.5. The first-order chi connectivity index (χ1) is 7.54. The molecular weight excluding hydrogens is 208 g/mol. The molecule has 0 aromatic rings. The van der Waals surface area contributed by atoms with Crippen molar-refractivity contribution in [1.82, 2.24) is 0 Å². The molecule has 3 N–H and O–H groups in total. The number of aliphatic carboxylic acids is 1. The minimum atomic E-state index is -0.696. The normalized spacial score (nSPS) is 9.81. The van der Waals surface area contributed by atoms with Gasteiger partial charge in [-0.05, 0) is 25.2 Å². The molecular formula is C12H26O4. The van der Waals surface area contributed by atoms with E-state index in [1.54, 1.807) is 0 Å². The minimum absolute atomic E-state index is 0.283. The van der Waals surface area contributed by atoms with E-state index in [1.165, 1.54) is 0 Å². The van der Waals surface area contributed by atoms with E-state index in [2.05, 4.69) is 0 Å². The Morgan fingerprint density at radius 1 is 1.00 bits per heavy atom. The summed E-state index contributed by atoms with van der Waals surface area (Å²) in [5, 5.41) is 24.8. The molecule has 16 heavy (non-hydrogen) atoms. The molecule has 0 saturated heterocycles. The molecule has 0 rings (SSSR count). The van der Waals surface area contributed by atoms with Gasteiger partial charge < -0.3 is 15.3 Å². The maximum Gasteiger partial charge on any atom is 0.303 e. The maximum atomic E-state index is 9.90. The van der Waals surface area contributed by atoms with Crippen molar-refractivity contribution in [2.45, 2.75) is 52.4 Å². The third kappa shape index (κ3) is 23.3. The van der Waals surface area contributed by atoms with Gasteiger partial charge in [0.2, 0.25) is 0 Å². The zero-order valence-corrected chi connectivity index (χ0v) is 10.5. The highest BCUT2D eigenvalue weighted by Gasteiger charge is 1.97. The van der Waals surface area contributed by atoms with Crippen molar-refractivity contribution in [2.75, 3.05) is 13.2 Å². The van der Waals surface area contributed by atoms with E-state index < -0.39 is 5.97 Å². The van der Waals surface area contributed by atoms with Crippen LogP contribution in [0.1, 0.15) is 52.4 Å². The van der Waals surface area contributed by atoms with Gasteiger partial charge in [0.05, 0.1) is 0 Å². The lowest BCUT2D eigenvalue weighted by Gasteiger charge is -1.97. The van der Waals surface area contributed by atoms with E-state index in [1.807, 2.05) is 13.8 Å². The van der Waals surface area contributed by atoms with Crippen molar-refractivity contribution in [3.8, 4) is 0 Å². The van der Waals surface area contributed by atoms with E-state index in [-0.39, 0.29) is 13.2 Å². The van der Waals surface area contributed by atoms with E-state index in [9.17, 15) is 4.79 Å². The number of rotatable bonds is 8. The summed E-state index contributed by atoms with van der Waals surface area (Å²) in [5.74, 6) is -0.190. The molecule has 0 aliphatic carbocycles. The van der Waals surface area contributed by atoms with Crippen molar-refractivity contribution in [3.05, 3.63) is 0 Å². The Bertz CT molecular complexity index is 140. The highest BCUT2D eigenvalue weighted by Crippen LogP contribution is 2.01. The Morgan fingerprint density at radius 2 is 1.44 bits per heavy atom. The Hall–Kier alpha value is -0.610. The molecule has 0 fully saturated rings. The molecule has 0 atom stereocenters. The lowest BCUT2D eigenvalue weighted by molar-refractivity contribution is -0.137. The monoisotopic (exact) mass is 234 g/mol. The van der Waals surface area contributed by atoms with Crippen LogP contribution in [0.25, 0.3) is 0 Å². The van der Waals surface area contributed by atoms with Gasteiger partial charge in [-0.3, -0.25) is 4.79 Å². The number of hydrogen-bond donors (Lipinski definition) is 3. The average molecular weight is 234 g/mol. The lowest BCUT2D eigenvalue weighted by atomic mass is 10.1. The number of carboxylic acid groups (broad SMARTS) is 1. The predicted octanol–water partition coefficient (Wildman–Crippen LogP) is 2.04. The molecule has 0 unspecified atom stereocenters. The number of hydrogen-bond acceptors (Lipinski definition) is 3. The average Bonchev–Trinajstić information content (AvgIpc) is 2.23. The second-order valence-corrected chi connectivity index (χ2v) is 4.19. The largest absolute Gasteiger partial charge is 0.481 e. The van der Waals surface area contributed by atoms with E-state index in [0.29, 0.717) is 12.3 Å².